The van der Waals surface area contributed by atoms with Gasteiger partial charge >= 0.3 is 0 Å². The van der Waals surface area contributed by atoms with Crippen LogP contribution in [0, 0.1) is 5.92 Å². The highest BCUT2D eigenvalue weighted by atomic mass is 16.5. The molecule has 0 saturated heterocycles. The largest absolute Gasteiger partial charge is 0.496 e. The van der Waals surface area contributed by atoms with Gasteiger partial charge in [0.15, 0.2) is 0 Å². The molecule has 0 radical (unpaired) electrons. The van der Waals surface area contributed by atoms with Crippen molar-refractivity contribution in [3.8, 4) is 16.9 Å². The molecule has 0 aliphatic rings. The first-order chi connectivity index (χ1) is 8.70. The van der Waals surface area contributed by atoms with Crippen LogP contribution < -0.4 is 4.74 Å². The van der Waals surface area contributed by atoms with Crippen molar-refractivity contribution in [1.82, 2.24) is 0 Å². The molecule has 18 heavy (non-hydrogen) atoms. The second kappa shape index (κ2) is 5.72. The predicted octanol–water partition coefficient (Wildman–Crippen LogP) is 4.56. The molecule has 1 heteroatoms. The fourth-order valence-electron chi connectivity index (χ4n) is 2.17. The van der Waals surface area contributed by atoms with Gasteiger partial charge in [0, 0.05) is 5.56 Å². The van der Waals surface area contributed by atoms with Crippen LogP contribution in [-0.2, 0) is 6.42 Å². The van der Waals surface area contributed by atoms with Crippen molar-refractivity contribution in [1.29, 1.82) is 0 Å². The normalized spacial score (nSPS) is 10.7. The zero-order chi connectivity index (χ0) is 13.0. The van der Waals surface area contributed by atoms with Crippen LogP contribution in [0.15, 0.2) is 48.5 Å². The summed E-state index contributed by atoms with van der Waals surface area (Å²) in [4.78, 5) is 0. The number of rotatable bonds is 4. The van der Waals surface area contributed by atoms with Crippen LogP contribution in [0.2, 0.25) is 0 Å². The summed E-state index contributed by atoms with van der Waals surface area (Å²) >= 11 is 0. The van der Waals surface area contributed by atoms with Gasteiger partial charge in [-0.05, 0) is 29.5 Å². The molecule has 0 amide bonds. The number of para-hydroxylation sites is 1. The van der Waals surface area contributed by atoms with Gasteiger partial charge in [0.05, 0.1) is 7.11 Å². The second-order valence-electron chi connectivity index (χ2n) is 5.00. The molecule has 0 bridgehead atoms. The minimum atomic E-state index is 0.696. The van der Waals surface area contributed by atoms with E-state index in [0.717, 1.165) is 17.7 Å². The van der Waals surface area contributed by atoms with E-state index in [1.165, 1.54) is 11.1 Å². The van der Waals surface area contributed by atoms with E-state index in [1.54, 1.807) is 7.11 Å². The summed E-state index contributed by atoms with van der Waals surface area (Å²) in [5, 5.41) is 0. The van der Waals surface area contributed by atoms with E-state index >= 15 is 0 Å². The number of ether oxygens (including phenoxy) is 1. The monoisotopic (exact) mass is 240 g/mol. The van der Waals surface area contributed by atoms with Crippen molar-refractivity contribution in [2.24, 2.45) is 5.92 Å². The third-order valence-electron chi connectivity index (χ3n) is 3.02. The van der Waals surface area contributed by atoms with Crippen molar-refractivity contribution in [3.05, 3.63) is 54.1 Å². The van der Waals surface area contributed by atoms with Crippen LogP contribution in [0.1, 0.15) is 19.4 Å². The Morgan fingerprint density at radius 1 is 0.944 bits per heavy atom. The Hall–Kier alpha value is -1.76. The van der Waals surface area contributed by atoms with E-state index in [2.05, 4.69) is 44.2 Å². The van der Waals surface area contributed by atoms with Gasteiger partial charge in [-0.3, -0.25) is 0 Å². The standard InChI is InChI=1S/C17H20O/c1-13(2)12-14-8-10-15(11-9-14)16-6-4-5-7-17(16)18-3/h4-11,13H,12H2,1-3H3. The predicted molar refractivity (Wildman–Crippen MR) is 77.0 cm³/mol. The van der Waals surface area contributed by atoms with Crippen molar-refractivity contribution < 1.29 is 4.74 Å². The van der Waals surface area contributed by atoms with Crippen LogP contribution >= 0.6 is 0 Å². The average molecular weight is 240 g/mol. The molecule has 2 aromatic carbocycles. The quantitative estimate of drug-likeness (QED) is 0.761. The summed E-state index contributed by atoms with van der Waals surface area (Å²) in [6.07, 6.45) is 1.13. The van der Waals surface area contributed by atoms with E-state index in [9.17, 15) is 0 Å². The van der Waals surface area contributed by atoms with Gasteiger partial charge < -0.3 is 4.74 Å². The summed E-state index contributed by atoms with van der Waals surface area (Å²) in [7, 11) is 1.71. The van der Waals surface area contributed by atoms with Crippen LogP contribution in [0.4, 0.5) is 0 Å². The van der Waals surface area contributed by atoms with Crippen LogP contribution in [-0.4, -0.2) is 7.11 Å². The number of methoxy groups -OCH3 is 1. The highest BCUT2D eigenvalue weighted by molar-refractivity contribution is 5.70. The molecular formula is C17H20O. The van der Waals surface area contributed by atoms with E-state index < -0.39 is 0 Å². The third kappa shape index (κ3) is 2.92. The molecule has 0 saturated carbocycles. The molecule has 1 nitrogen and oxygen atoms in total. The first-order valence-electron chi connectivity index (χ1n) is 6.43. The Labute approximate surface area is 109 Å². The Bertz CT molecular complexity index is 497. The van der Waals surface area contributed by atoms with Gasteiger partial charge in [0.25, 0.3) is 0 Å². The Morgan fingerprint density at radius 2 is 1.61 bits per heavy atom. The number of benzene rings is 2. The molecule has 94 valence electrons. The van der Waals surface area contributed by atoms with Gasteiger partial charge in [0.1, 0.15) is 5.75 Å². The molecule has 2 rings (SSSR count). The molecule has 2 aromatic rings. The average Bonchev–Trinajstić information content (AvgIpc) is 2.39. The van der Waals surface area contributed by atoms with Gasteiger partial charge in [-0.1, -0.05) is 56.3 Å². The summed E-state index contributed by atoms with van der Waals surface area (Å²) < 4.78 is 5.39. The van der Waals surface area contributed by atoms with Crippen LogP contribution in [0.5, 0.6) is 5.75 Å². The zero-order valence-corrected chi connectivity index (χ0v) is 11.3. The maximum Gasteiger partial charge on any atom is 0.126 e. The summed E-state index contributed by atoms with van der Waals surface area (Å²) in [6.45, 7) is 4.49. The Kier molecular flexibility index (Phi) is 4.03. The smallest absolute Gasteiger partial charge is 0.126 e. The van der Waals surface area contributed by atoms with Crippen molar-refractivity contribution in [2.75, 3.05) is 7.11 Å². The van der Waals surface area contributed by atoms with Crippen LogP contribution in [0.25, 0.3) is 11.1 Å². The molecule has 0 heterocycles. The highest BCUT2D eigenvalue weighted by Crippen LogP contribution is 2.29. The lowest BCUT2D eigenvalue weighted by molar-refractivity contribution is 0.416. The third-order valence-corrected chi connectivity index (χ3v) is 3.02. The lowest BCUT2D eigenvalue weighted by atomic mass is 9.99. The fraction of sp³-hybridized carbons (Fsp3) is 0.294. The van der Waals surface area contributed by atoms with Crippen molar-refractivity contribution in [3.63, 3.8) is 0 Å². The first kappa shape index (κ1) is 12.7. The van der Waals surface area contributed by atoms with Gasteiger partial charge in [-0.15, -0.1) is 0 Å². The van der Waals surface area contributed by atoms with Crippen molar-refractivity contribution in [2.45, 2.75) is 20.3 Å². The van der Waals surface area contributed by atoms with Crippen LogP contribution in [0.3, 0.4) is 0 Å². The topological polar surface area (TPSA) is 9.23 Å². The summed E-state index contributed by atoms with van der Waals surface area (Å²) in [5.41, 5.74) is 3.75. The van der Waals surface area contributed by atoms with E-state index in [1.807, 2.05) is 18.2 Å². The minimum absolute atomic E-state index is 0.696. The van der Waals surface area contributed by atoms with E-state index in [0.29, 0.717) is 5.92 Å². The fourth-order valence-corrected chi connectivity index (χ4v) is 2.17. The summed E-state index contributed by atoms with van der Waals surface area (Å²) in [5.74, 6) is 1.62. The second-order valence-corrected chi connectivity index (χ2v) is 5.00. The summed E-state index contributed by atoms with van der Waals surface area (Å²) in [6, 6.07) is 16.9. The first-order valence-corrected chi connectivity index (χ1v) is 6.43. The number of hydrogen-bond donors (Lipinski definition) is 0. The van der Waals surface area contributed by atoms with Gasteiger partial charge in [-0.25, -0.2) is 0 Å². The zero-order valence-electron chi connectivity index (χ0n) is 11.3. The minimum Gasteiger partial charge on any atom is -0.496 e. The molecule has 0 aromatic heterocycles. The SMILES string of the molecule is COc1ccccc1-c1ccc(CC(C)C)cc1. The Balaban J connectivity index is 2.28. The molecule has 0 fully saturated rings. The van der Waals surface area contributed by atoms with Gasteiger partial charge in [0.2, 0.25) is 0 Å². The van der Waals surface area contributed by atoms with E-state index in [4.69, 9.17) is 4.74 Å². The molecule has 0 aliphatic heterocycles. The highest BCUT2D eigenvalue weighted by Gasteiger charge is 2.04. The Morgan fingerprint density at radius 3 is 2.22 bits per heavy atom. The lowest BCUT2D eigenvalue weighted by Gasteiger charge is -2.10. The molecule has 0 unspecified atom stereocenters. The maximum atomic E-state index is 5.39. The van der Waals surface area contributed by atoms with Crippen molar-refractivity contribution >= 4 is 0 Å². The number of hydrogen-bond acceptors (Lipinski definition) is 1. The maximum absolute atomic E-state index is 5.39. The molecule has 0 N–H and O–H groups in total. The molecular weight excluding hydrogens is 220 g/mol. The lowest BCUT2D eigenvalue weighted by Crippen LogP contribution is -1.93. The molecule has 0 spiro atoms. The van der Waals surface area contributed by atoms with Gasteiger partial charge in [-0.2, -0.15) is 0 Å². The molecule has 0 atom stereocenters. The molecule has 0 aliphatic carbocycles. The van der Waals surface area contributed by atoms with E-state index in [-0.39, 0.29) is 0 Å².